The lowest BCUT2D eigenvalue weighted by Gasteiger charge is -2.22. The Morgan fingerprint density at radius 3 is 2.24 bits per heavy atom. The van der Waals surface area contributed by atoms with Gasteiger partial charge in [0.2, 0.25) is 0 Å². The highest BCUT2D eigenvalue weighted by Crippen LogP contribution is 2.34. The maximum absolute atomic E-state index is 12.7. The van der Waals surface area contributed by atoms with Crippen LogP contribution in [0.25, 0.3) is 0 Å². The van der Waals surface area contributed by atoms with Crippen molar-refractivity contribution in [1.82, 2.24) is 0 Å². The first-order valence-corrected chi connectivity index (χ1v) is 5.30. The number of alkyl halides is 3. The van der Waals surface area contributed by atoms with Gasteiger partial charge in [0.1, 0.15) is 0 Å². The average Bonchev–Trinajstić information content (AvgIpc) is 2.29. The summed E-state index contributed by atoms with van der Waals surface area (Å²) in [4.78, 5) is 1.80. The fourth-order valence-electron chi connectivity index (χ4n) is 1.65. The summed E-state index contributed by atoms with van der Waals surface area (Å²) < 4.78 is 38.2. The van der Waals surface area contributed by atoms with Gasteiger partial charge in [-0.05, 0) is 32.0 Å². The van der Waals surface area contributed by atoms with Crippen LogP contribution in [-0.2, 0) is 6.18 Å². The minimum atomic E-state index is -4.49. The molecule has 0 fully saturated rings. The van der Waals surface area contributed by atoms with Gasteiger partial charge in [0.25, 0.3) is 0 Å². The molecule has 0 amide bonds. The highest BCUT2D eigenvalue weighted by molar-refractivity contribution is 5.54. The van der Waals surface area contributed by atoms with E-state index < -0.39 is 11.7 Å². The van der Waals surface area contributed by atoms with Crippen molar-refractivity contribution >= 4 is 5.69 Å². The lowest BCUT2D eigenvalue weighted by molar-refractivity contribution is -0.137. The Hall–Kier alpha value is -1.70. The first-order chi connectivity index (χ1) is 7.93. The van der Waals surface area contributed by atoms with Crippen LogP contribution in [0, 0.1) is 11.3 Å². The van der Waals surface area contributed by atoms with E-state index in [1.54, 1.807) is 17.0 Å². The predicted octanol–water partition coefficient (Wildman–Crippen LogP) is 3.42. The molecule has 0 saturated carbocycles. The van der Waals surface area contributed by atoms with Crippen molar-refractivity contribution in [2.24, 2.45) is 0 Å². The van der Waals surface area contributed by atoms with Crippen LogP contribution in [0.15, 0.2) is 18.2 Å². The van der Waals surface area contributed by atoms with Crippen molar-refractivity contribution < 1.29 is 13.2 Å². The molecule has 0 unspecified atom stereocenters. The summed E-state index contributed by atoms with van der Waals surface area (Å²) in [6, 6.07) is 5.36. The van der Waals surface area contributed by atoms with Gasteiger partial charge in [0.05, 0.1) is 17.2 Å². The fourth-order valence-corrected chi connectivity index (χ4v) is 1.65. The Labute approximate surface area is 98.3 Å². The molecule has 0 bridgehead atoms. The van der Waals surface area contributed by atoms with Crippen LogP contribution in [-0.4, -0.2) is 13.1 Å². The molecule has 2 nitrogen and oxygen atoms in total. The SMILES string of the molecule is CCN(CC)c1ccc(C#N)c(C(F)(F)F)c1. The number of halogens is 3. The Morgan fingerprint density at radius 2 is 1.82 bits per heavy atom. The zero-order valence-electron chi connectivity index (χ0n) is 9.67. The minimum absolute atomic E-state index is 0.339. The van der Waals surface area contributed by atoms with Gasteiger partial charge in [-0.15, -0.1) is 0 Å². The number of rotatable bonds is 3. The average molecular weight is 242 g/mol. The number of hydrogen-bond acceptors (Lipinski definition) is 2. The third kappa shape index (κ3) is 2.90. The van der Waals surface area contributed by atoms with Gasteiger partial charge in [-0.1, -0.05) is 0 Å². The van der Waals surface area contributed by atoms with Gasteiger partial charge in [-0.25, -0.2) is 0 Å². The second kappa shape index (κ2) is 5.09. The number of nitrogens with zero attached hydrogens (tertiary/aromatic N) is 2. The molecule has 1 aromatic carbocycles. The van der Waals surface area contributed by atoms with Crippen LogP contribution in [0.4, 0.5) is 18.9 Å². The number of nitriles is 1. The minimum Gasteiger partial charge on any atom is -0.372 e. The van der Waals surface area contributed by atoms with Crippen molar-refractivity contribution in [3.8, 4) is 6.07 Å². The summed E-state index contributed by atoms with van der Waals surface area (Å²) in [5.41, 5.74) is -0.723. The highest BCUT2D eigenvalue weighted by Gasteiger charge is 2.34. The molecule has 0 atom stereocenters. The van der Waals surface area contributed by atoms with E-state index in [1.807, 2.05) is 13.8 Å². The van der Waals surface area contributed by atoms with Crippen molar-refractivity contribution in [3.05, 3.63) is 29.3 Å². The monoisotopic (exact) mass is 242 g/mol. The smallest absolute Gasteiger partial charge is 0.372 e. The summed E-state index contributed by atoms with van der Waals surface area (Å²) >= 11 is 0. The molecule has 5 heteroatoms. The second-order valence-electron chi connectivity index (χ2n) is 3.51. The van der Waals surface area contributed by atoms with Gasteiger partial charge in [0.15, 0.2) is 0 Å². The van der Waals surface area contributed by atoms with E-state index in [2.05, 4.69) is 0 Å². The summed E-state index contributed by atoms with van der Waals surface area (Å²) in [5, 5.41) is 8.66. The van der Waals surface area contributed by atoms with Gasteiger partial charge < -0.3 is 4.90 Å². The first kappa shape index (κ1) is 13.4. The van der Waals surface area contributed by atoms with E-state index in [9.17, 15) is 13.2 Å². The number of hydrogen-bond donors (Lipinski definition) is 0. The largest absolute Gasteiger partial charge is 0.417 e. The first-order valence-electron chi connectivity index (χ1n) is 5.30. The van der Waals surface area contributed by atoms with Crippen molar-refractivity contribution in [2.75, 3.05) is 18.0 Å². The molecule has 0 aromatic heterocycles. The van der Waals surface area contributed by atoms with Crippen molar-refractivity contribution in [1.29, 1.82) is 5.26 Å². The maximum Gasteiger partial charge on any atom is 0.417 e. The van der Waals surface area contributed by atoms with Crippen LogP contribution < -0.4 is 4.90 Å². The van der Waals surface area contributed by atoms with Gasteiger partial charge in [-0.3, -0.25) is 0 Å². The third-order valence-corrected chi connectivity index (χ3v) is 2.56. The van der Waals surface area contributed by atoms with Gasteiger partial charge >= 0.3 is 6.18 Å². The predicted molar refractivity (Wildman–Crippen MR) is 59.7 cm³/mol. The molecule has 0 aliphatic rings. The van der Waals surface area contributed by atoms with Crippen molar-refractivity contribution in [3.63, 3.8) is 0 Å². The summed E-state index contributed by atoms with van der Waals surface area (Å²) in [5.74, 6) is 0. The van der Waals surface area contributed by atoms with Crippen LogP contribution in [0.5, 0.6) is 0 Å². The molecule has 0 radical (unpaired) electrons. The van der Waals surface area contributed by atoms with Crippen molar-refractivity contribution in [2.45, 2.75) is 20.0 Å². The molecule has 0 N–H and O–H groups in total. The third-order valence-electron chi connectivity index (χ3n) is 2.56. The number of benzene rings is 1. The molecule has 0 heterocycles. The quantitative estimate of drug-likeness (QED) is 0.812. The van der Waals surface area contributed by atoms with Crippen LogP contribution in [0.1, 0.15) is 25.0 Å². The van der Waals surface area contributed by atoms with E-state index in [0.717, 1.165) is 6.07 Å². The molecule has 0 aliphatic heterocycles. The molecule has 0 saturated heterocycles. The van der Waals surface area contributed by atoms with E-state index in [4.69, 9.17) is 5.26 Å². The van der Waals surface area contributed by atoms with Gasteiger partial charge in [-0.2, -0.15) is 18.4 Å². The zero-order chi connectivity index (χ0) is 13.1. The summed E-state index contributed by atoms with van der Waals surface area (Å²) in [7, 11) is 0. The van der Waals surface area contributed by atoms with Crippen LogP contribution >= 0.6 is 0 Å². The fraction of sp³-hybridized carbons (Fsp3) is 0.417. The molecular weight excluding hydrogens is 229 g/mol. The molecule has 0 aliphatic carbocycles. The topological polar surface area (TPSA) is 27.0 Å². The van der Waals surface area contributed by atoms with E-state index in [-0.39, 0.29) is 5.56 Å². The Balaban J connectivity index is 3.28. The molecule has 17 heavy (non-hydrogen) atoms. The molecular formula is C12H13F3N2. The van der Waals surface area contributed by atoms with E-state index >= 15 is 0 Å². The highest BCUT2D eigenvalue weighted by atomic mass is 19.4. The molecule has 1 rings (SSSR count). The molecule has 0 spiro atoms. The van der Waals surface area contributed by atoms with E-state index in [1.165, 1.54) is 6.07 Å². The van der Waals surface area contributed by atoms with Crippen LogP contribution in [0.2, 0.25) is 0 Å². The maximum atomic E-state index is 12.7. The Bertz CT molecular complexity index is 428. The second-order valence-corrected chi connectivity index (χ2v) is 3.51. The molecule has 1 aromatic rings. The lowest BCUT2D eigenvalue weighted by Crippen LogP contribution is -2.22. The van der Waals surface area contributed by atoms with E-state index in [0.29, 0.717) is 18.8 Å². The standard InChI is InChI=1S/C12H13F3N2/c1-3-17(4-2)10-6-5-9(8-16)11(7-10)12(13,14)15/h5-7H,3-4H2,1-2H3. The normalized spacial score (nSPS) is 11.1. The summed E-state index contributed by atoms with van der Waals surface area (Å²) in [6.07, 6.45) is -4.49. The summed E-state index contributed by atoms with van der Waals surface area (Å²) in [6.45, 7) is 4.99. The zero-order valence-corrected chi connectivity index (χ0v) is 9.67. The van der Waals surface area contributed by atoms with Gasteiger partial charge in [0, 0.05) is 18.8 Å². The Kier molecular flexibility index (Phi) is 4.00. The number of anilines is 1. The lowest BCUT2D eigenvalue weighted by atomic mass is 10.1. The van der Waals surface area contributed by atoms with Crippen LogP contribution in [0.3, 0.4) is 0 Å². The molecule has 92 valence electrons. The Morgan fingerprint density at radius 1 is 1.24 bits per heavy atom.